The van der Waals surface area contributed by atoms with Crippen LogP contribution in [0.2, 0.25) is 0 Å². The molecular formula is C14H11N3O2. The molecule has 3 aromatic rings. The first-order valence-electron chi connectivity index (χ1n) is 5.86. The van der Waals surface area contributed by atoms with Crippen LogP contribution in [0.1, 0.15) is 11.5 Å². The van der Waals surface area contributed by atoms with Crippen LogP contribution in [0.5, 0.6) is 0 Å². The van der Waals surface area contributed by atoms with E-state index in [1.54, 1.807) is 12.3 Å². The molecule has 0 aliphatic rings. The second-order valence-electron chi connectivity index (χ2n) is 4.06. The van der Waals surface area contributed by atoms with Gasteiger partial charge in [0.2, 0.25) is 0 Å². The zero-order chi connectivity index (χ0) is 13.1. The van der Waals surface area contributed by atoms with E-state index in [4.69, 9.17) is 4.42 Å². The number of benzene rings is 1. The van der Waals surface area contributed by atoms with Crippen LogP contribution < -0.4 is 5.56 Å². The average Bonchev–Trinajstić information content (AvgIpc) is 2.95. The molecule has 94 valence electrons. The van der Waals surface area contributed by atoms with Crippen LogP contribution in [0.15, 0.2) is 57.9 Å². The summed E-state index contributed by atoms with van der Waals surface area (Å²) in [7, 11) is 0. The molecule has 19 heavy (non-hydrogen) atoms. The van der Waals surface area contributed by atoms with Crippen molar-refractivity contribution in [2.75, 3.05) is 0 Å². The molecule has 0 unspecified atom stereocenters. The number of aromatic amines is 1. The minimum Gasteiger partial charge on any atom is -0.469 e. The number of hydrogen-bond acceptors (Lipinski definition) is 4. The first kappa shape index (κ1) is 11.4. The summed E-state index contributed by atoms with van der Waals surface area (Å²) in [5, 5.41) is 6.43. The largest absolute Gasteiger partial charge is 0.469 e. The van der Waals surface area contributed by atoms with Gasteiger partial charge in [0.1, 0.15) is 11.5 Å². The van der Waals surface area contributed by atoms with Gasteiger partial charge in [-0.1, -0.05) is 30.3 Å². The minimum atomic E-state index is -0.295. The number of nitrogens with zero attached hydrogens (tertiary/aromatic N) is 2. The fourth-order valence-electron chi connectivity index (χ4n) is 1.79. The molecule has 2 aromatic heterocycles. The van der Waals surface area contributed by atoms with Gasteiger partial charge in [-0.2, -0.15) is 5.10 Å². The van der Waals surface area contributed by atoms with E-state index in [0.29, 0.717) is 23.7 Å². The van der Waals surface area contributed by atoms with E-state index in [-0.39, 0.29) is 5.56 Å². The first-order valence-corrected chi connectivity index (χ1v) is 5.86. The van der Waals surface area contributed by atoms with Crippen molar-refractivity contribution in [1.82, 2.24) is 15.2 Å². The Bertz CT molecular complexity index is 718. The molecule has 0 saturated heterocycles. The zero-order valence-electron chi connectivity index (χ0n) is 10.0. The van der Waals surface area contributed by atoms with Crippen molar-refractivity contribution in [3.63, 3.8) is 0 Å². The summed E-state index contributed by atoms with van der Waals surface area (Å²) in [4.78, 5) is 16.0. The zero-order valence-corrected chi connectivity index (χ0v) is 10.0. The molecule has 0 aliphatic carbocycles. The van der Waals surface area contributed by atoms with Crippen LogP contribution in [-0.4, -0.2) is 15.2 Å². The lowest BCUT2D eigenvalue weighted by Gasteiger charge is -2.01. The minimum absolute atomic E-state index is 0.295. The Morgan fingerprint density at radius 2 is 1.95 bits per heavy atom. The smallest absolute Gasteiger partial charge is 0.286 e. The number of H-pyrrole nitrogens is 1. The molecule has 0 bridgehead atoms. The molecule has 0 fully saturated rings. The normalized spacial score (nSPS) is 10.5. The third-order valence-corrected chi connectivity index (χ3v) is 2.72. The molecule has 3 rings (SSSR count). The lowest BCUT2D eigenvalue weighted by molar-refractivity contribution is 0.518. The van der Waals surface area contributed by atoms with E-state index >= 15 is 0 Å². The lowest BCUT2D eigenvalue weighted by atomic mass is 10.2. The molecule has 0 aliphatic heterocycles. The second kappa shape index (κ2) is 4.89. The third kappa shape index (κ3) is 2.44. The van der Waals surface area contributed by atoms with Crippen molar-refractivity contribution in [2.45, 2.75) is 6.42 Å². The van der Waals surface area contributed by atoms with Crippen molar-refractivity contribution in [2.24, 2.45) is 0 Å². The van der Waals surface area contributed by atoms with Crippen molar-refractivity contribution < 1.29 is 4.42 Å². The Kier molecular flexibility index (Phi) is 2.94. The summed E-state index contributed by atoms with van der Waals surface area (Å²) >= 11 is 0. The van der Waals surface area contributed by atoms with Gasteiger partial charge in [-0.3, -0.25) is 4.79 Å². The van der Waals surface area contributed by atoms with Gasteiger partial charge in [-0.15, -0.1) is 0 Å². The first-order chi connectivity index (χ1) is 9.33. The molecule has 0 amide bonds. The maximum Gasteiger partial charge on any atom is 0.286 e. The van der Waals surface area contributed by atoms with E-state index in [0.717, 1.165) is 5.56 Å². The lowest BCUT2D eigenvalue weighted by Crippen LogP contribution is -2.17. The molecule has 5 nitrogen and oxygen atoms in total. The number of hydrogen-bond donors (Lipinski definition) is 1. The van der Waals surface area contributed by atoms with Gasteiger partial charge in [-0.05, 0) is 12.1 Å². The molecular weight excluding hydrogens is 242 g/mol. The summed E-state index contributed by atoms with van der Waals surface area (Å²) in [6, 6.07) is 13.1. The maximum absolute atomic E-state index is 11.7. The van der Waals surface area contributed by atoms with Gasteiger partial charge in [-0.25, -0.2) is 10.1 Å². The topological polar surface area (TPSA) is 71.8 Å². The van der Waals surface area contributed by atoms with E-state index in [2.05, 4.69) is 15.2 Å². The Balaban J connectivity index is 1.99. The average molecular weight is 253 g/mol. The standard InChI is InChI=1S/C14H11N3O2/c18-14-12(9-11-7-4-8-19-11)15-13(16-17-14)10-5-2-1-3-6-10/h1-8H,9H2,(H,17,18). The number of furan rings is 1. The van der Waals surface area contributed by atoms with E-state index in [1.165, 1.54) is 0 Å². The highest BCUT2D eigenvalue weighted by atomic mass is 16.3. The predicted octanol–water partition coefficient (Wildman–Crippen LogP) is 2.02. The van der Waals surface area contributed by atoms with Gasteiger partial charge in [0, 0.05) is 5.56 Å². The van der Waals surface area contributed by atoms with Crippen molar-refractivity contribution in [3.8, 4) is 11.4 Å². The summed E-state index contributed by atoms with van der Waals surface area (Å²) in [5.41, 5.74) is 0.958. The highest BCUT2D eigenvalue weighted by Crippen LogP contribution is 2.13. The molecule has 1 aromatic carbocycles. The van der Waals surface area contributed by atoms with E-state index in [1.807, 2.05) is 36.4 Å². The highest BCUT2D eigenvalue weighted by molar-refractivity contribution is 5.53. The van der Waals surface area contributed by atoms with E-state index < -0.39 is 0 Å². The Morgan fingerprint density at radius 1 is 1.11 bits per heavy atom. The van der Waals surface area contributed by atoms with Crippen LogP contribution in [0.4, 0.5) is 0 Å². The molecule has 1 N–H and O–H groups in total. The predicted molar refractivity (Wildman–Crippen MR) is 69.6 cm³/mol. The molecule has 5 heteroatoms. The van der Waals surface area contributed by atoms with Crippen molar-refractivity contribution in [3.05, 3.63) is 70.5 Å². The maximum atomic E-state index is 11.7. The van der Waals surface area contributed by atoms with Crippen LogP contribution in [-0.2, 0) is 6.42 Å². The highest BCUT2D eigenvalue weighted by Gasteiger charge is 2.09. The number of rotatable bonds is 3. The molecule has 0 saturated carbocycles. The van der Waals surface area contributed by atoms with E-state index in [9.17, 15) is 4.79 Å². The molecule has 0 radical (unpaired) electrons. The SMILES string of the molecule is O=c1[nH]nc(-c2ccccc2)nc1Cc1ccco1. The number of nitrogens with one attached hydrogen (secondary N) is 1. The van der Waals surface area contributed by atoms with Crippen LogP contribution >= 0.6 is 0 Å². The Hall–Kier alpha value is -2.69. The fourth-order valence-corrected chi connectivity index (χ4v) is 1.79. The Labute approximate surface area is 108 Å². The van der Waals surface area contributed by atoms with Gasteiger partial charge in [0.15, 0.2) is 5.82 Å². The van der Waals surface area contributed by atoms with Gasteiger partial charge in [0.05, 0.1) is 12.7 Å². The van der Waals surface area contributed by atoms with Crippen LogP contribution in [0, 0.1) is 0 Å². The second-order valence-corrected chi connectivity index (χ2v) is 4.06. The molecule has 0 spiro atoms. The van der Waals surface area contributed by atoms with Crippen molar-refractivity contribution >= 4 is 0 Å². The summed E-state index contributed by atoms with van der Waals surface area (Å²) < 4.78 is 5.22. The molecule has 2 heterocycles. The summed E-state index contributed by atoms with van der Waals surface area (Å²) in [5.74, 6) is 1.20. The summed E-state index contributed by atoms with van der Waals surface area (Å²) in [6.45, 7) is 0. The number of aromatic nitrogens is 3. The van der Waals surface area contributed by atoms with Crippen molar-refractivity contribution in [1.29, 1.82) is 0 Å². The molecule has 0 atom stereocenters. The quantitative estimate of drug-likeness (QED) is 0.775. The Morgan fingerprint density at radius 3 is 2.68 bits per heavy atom. The van der Waals surface area contributed by atoms with Gasteiger partial charge >= 0.3 is 0 Å². The monoisotopic (exact) mass is 253 g/mol. The fraction of sp³-hybridized carbons (Fsp3) is 0.0714. The summed E-state index contributed by atoms with van der Waals surface area (Å²) in [6.07, 6.45) is 1.92. The third-order valence-electron chi connectivity index (χ3n) is 2.72. The van der Waals surface area contributed by atoms with Crippen LogP contribution in [0.3, 0.4) is 0 Å². The van der Waals surface area contributed by atoms with Gasteiger partial charge < -0.3 is 4.42 Å². The van der Waals surface area contributed by atoms with Crippen LogP contribution in [0.25, 0.3) is 11.4 Å². The van der Waals surface area contributed by atoms with Gasteiger partial charge in [0.25, 0.3) is 5.56 Å².